The third kappa shape index (κ3) is 8.35. The first-order chi connectivity index (χ1) is 20.2. The summed E-state index contributed by atoms with van der Waals surface area (Å²) in [6.07, 6.45) is 2.41. The van der Waals surface area contributed by atoms with Crippen molar-refractivity contribution in [1.29, 1.82) is 0 Å². The molecule has 0 aliphatic rings. The van der Waals surface area contributed by atoms with E-state index in [2.05, 4.69) is 22.9 Å². The summed E-state index contributed by atoms with van der Waals surface area (Å²) in [6, 6.07) is 28.9. The topological polar surface area (TPSA) is 87.3 Å². The average molecular weight is 598 g/mol. The van der Waals surface area contributed by atoms with Crippen molar-refractivity contribution >= 4 is 58.5 Å². The Bertz CT molecular complexity index is 1600. The molecule has 0 spiro atoms. The highest BCUT2D eigenvalue weighted by Crippen LogP contribution is 2.27. The highest BCUT2D eigenvalue weighted by atomic mass is 35.5. The van der Waals surface area contributed by atoms with E-state index in [0.717, 1.165) is 28.1 Å². The Hall–Kier alpha value is -4.33. The van der Waals surface area contributed by atoms with Crippen LogP contribution in [0.2, 0.25) is 5.02 Å². The maximum atomic E-state index is 13.3. The van der Waals surface area contributed by atoms with Crippen LogP contribution >= 0.6 is 23.4 Å². The van der Waals surface area contributed by atoms with Gasteiger partial charge in [0.2, 0.25) is 5.91 Å². The molecule has 3 amide bonds. The number of rotatable bonds is 10. The molecule has 0 radical (unpaired) electrons. The largest absolute Gasteiger partial charge is 0.325 e. The number of anilines is 2. The van der Waals surface area contributed by atoms with Gasteiger partial charge in [-0.1, -0.05) is 67.1 Å². The number of halogens is 1. The molecular weight excluding hydrogens is 566 g/mol. The van der Waals surface area contributed by atoms with Crippen molar-refractivity contribution in [2.45, 2.75) is 37.3 Å². The second-order valence-corrected chi connectivity index (χ2v) is 11.5. The van der Waals surface area contributed by atoms with Crippen molar-refractivity contribution in [3.05, 3.63) is 130 Å². The molecule has 214 valence electrons. The molecule has 42 heavy (non-hydrogen) atoms. The number of amides is 3. The normalized spacial score (nSPS) is 11.9. The Morgan fingerprint density at radius 1 is 0.881 bits per heavy atom. The molecule has 0 saturated heterocycles. The van der Waals surface area contributed by atoms with Gasteiger partial charge in [-0.25, -0.2) is 0 Å². The van der Waals surface area contributed by atoms with E-state index in [9.17, 15) is 14.4 Å². The van der Waals surface area contributed by atoms with E-state index in [-0.39, 0.29) is 16.9 Å². The zero-order valence-corrected chi connectivity index (χ0v) is 25.2. The minimum Gasteiger partial charge on any atom is -0.325 e. The molecule has 6 nitrogen and oxygen atoms in total. The molecule has 0 aromatic heterocycles. The fourth-order valence-electron chi connectivity index (χ4n) is 4.21. The minimum absolute atomic E-state index is 0.0671. The Morgan fingerprint density at radius 2 is 1.60 bits per heavy atom. The van der Waals surface area contributed by atoms with Crippen molar-refractivity contribution in [3.8, 4) is 0 Å². The van der Waals surface area contributed by atoms with E-state index < -0.39 is 11.8 Å². The van der Waals surface area contributed by atoms with Crippen molar-refractivity contribution in [2.24, 2.45) is 0 Å². The fraction of sp³-hybridized carbons (Fsp3) is 0.147. The summed E-state index contributed by atoms with van der Waals surface area (Å²) in [4.78, 5) is 40.0. The summed E-state index contributed by atoms with van der Waals surface area (Å²) in [5, 5.41) is 8.83. The molecule has 4 rings (SSSR count). The number of hydrogen-bond donors (Lipinski definition) is 3. The Morgan fingerprint density at radius 3 is 2.29 bits per heavy atom. The van der Waals surface area contributed by atoms with Crippen LogP contribution in [0.25, 0.3) is 6.08 Å². The summed E-state index contributed by atoms with van der Waals surface area (Å²) >= 11 is 7.55. The zero-order valence-electron chi connectivity index (χ0n) is 23.6. The average Bonchev–Trinajstić information content (AvgIpc) is 2.99. The van der Waals surface area contributed by atoms with Crippen molar-refractivity contribution in [2.75, 3.05) is 10.6 Å². The van der Waals surface area contributed by atoms with Crippen molar-refractivity contribution in [1.82, 2.24) is 5.32 Å². The van der Waals surface area contributed by atoms with Crippen LogP contribution in [0.3, 0.4) is 0 Å². The van der Waals surface area contributed by atoms with E-state index in [1.54, 1.807) is 66.7 Å². The van der Waals surface area contributed by atoms with Gasteiger partial charge in [-0.15, -0.1) is 11.8 Å². The summed E-state index contributed by atoms with van der Waals surface area (Å²) in [5.41, 5.74) is 4.70. The Labute approximate surface area is 255 Å². The summed E-state index contributed by atoms with van der Waals surface area (Å²) in [5.74, 6) is -0.974. The van der Waals surface area contributed by atoms with Gasteiger partial charge in [-0.05, 0) is 91.6 Å². The molecule has 1 atom stereocenters. The second kappa shape index (κ2) is 14.5. The summed E-state index contributed by atoms with van der Waals surface area (Å²) in [6.45, 7) is 5.92. The van der Waals surface area contributed by atoms with Crippen molar-refractivity contribution < 1.29 is 14.4 Å². The first-order valence-corrected chi connectivity index (χ1v) is 14.8. The molecule has 4 aromatic rings. The van der Waals surface area contributed by atoms with Gasteiger partial charge in [0, 0.05) is 26.9 Å². The third-order valence-electron chi connectivity index (χ3n) is 6.47. The molecule has 0 heterocycles. The smallest absolute Gasteiger partial charge is 0.272 e. The highest BCUT2D eigenvalue weighted by Gasteiger charge is 2.18. The number of carbonyl (C=O) groups excluding carboxylic acids is 3. The predicted molar refractivity (Wildman–Crippen MR) is 173 cm³/mol. The fourth-order valence-corrected chi connectivity index (χ4v) is 5.27. The number of para-hydroxylation sites is 1. The molecule has 0 aliphatic carbocycles. The standard InChI is InChI=1S/C34H32ClN3O3S/c1-4-25-14-8-10-22(2)31(25)38-32(39)23(3)42-29-18-16-28(17-19-29)36-34(41)30(21-24-11-9-15-27(35)20-24)37-33(40)26-12-6-5-7-13-26/h5-21,23H,4H2,1-3H3,(H,36,41)(H,37,40)(H,38,39)/b30-21-. The maximum absolute atomic E-state index is 13.3. The monoisotopic (exact) mass is 597 g/mol. The van der Waals surface area contributed by atoms with E-state index >= 15 is 0 Å². The number of aryl methyl sites for hydroxylation is 2. The van der Waals surface area contributed by atoms with Crippen LogP contribution in [0, 0.1) is 6.92 Å². The van der Waals surface area contributed by atoms with Crippen LogP contribution in [0.5, 0.6) is 0 Å². The Balaban J connectivity index is 1.44. The van der Waals surface area contributed by atoms with Gasteiger partial charge in [-0.3, -0.25) is 14.4 Å². The SMILES string of the molecule is CCc1cccc(C)c1NC(=O)C(C)Sc1ccc(NC(=O)/C(=C/c2cccc(Cl)c2)NC(=O)c2ccccc2)cc1. The molecule has 0 saturated carbocycles. The lowest BCUT2D eigenvalue weighted by Gasteiger charge is -2.16. The number of thioether (sulfide) groups is 1. The van der Waals surface area contributed by atoms with Crippen LogP contribution in [0.4, 0.5) is 11.4 Å². The summed E-state index contributed by atoms with van der Waals surface area (Å²) in [7, 11) is 0. The van der Waals surface area contributed by atoms with Crippen LogP contribution in [0.1, 0.15) is 40.9 Å². The lowest BCUT2D eigenvalue weighted by molar-refractivity contribution is -0.115. The second-order valence-electron chi connectivity index (χ2n) is 9.62. The first kappa shape index (κ1) is 30.6. The van der Waals surface area contributed by atoms with Gasteiger partial charge in [0.1, 0.15) is 5.70 Å². The molecule has 3 N–H and O–H groups in total. The van der Waals surface area contributed by atoms with E-state index in [0.29, 0.717) is 21.8 Å². The maximum Gasteiger partial charge on any atom is 0.272 e. The van der Waals surface area contributed by atoms with Crippen LogP contribution in [0.15, 0.2) is 108 Å². The van der Waals surface area contributed by atoms with Gasteiger partial charge in [0.15, 0.2) is 0 Å². The molecule has 0 fully saturated rings. The van der Waals surface area contributed by atoms with Crippen LogP contribution < -0.4 is 16.0 Å². The quantitative estimate of drug-likeness (QED) is 0.129. The predicted octanol–water partition coefficient (Wildman–Crippen LogP) is 7.74. The Kier molecular flexibility index (Phi) is 10.6. The van der Waals surface area contributed by atoms with E-state index in [4.69, 9.17) is 11.6 Å². The minimum atomic E-state index is -0.489. The lowest BCUT2D eigenvalue weighted by atomic mass is 10.1. The van der Waals surface area contributed by atoms with Gasteiger partial charge in [-0.2, -0.15) is 0 Å². The van der Waals surface area contributed by atoms with Gasteiger partial charge in [0.25, 0.3) is 11.8 Å². The van der Waals surface area contributed by atoms with Crippen LogP contribution in [-0.4, -0.2) is 23.0 Å². The van der Waals surface area contributed by atoms with E-state index in [1.807, 2.05) is 50.2 Å². The molecule has 8 heteroatoms. The number of carbonyl (C=O) groups is 3. The first-order valence-electron chi connectivity index (χ1n) is 13.5. The van der Waals surface area contributed by atoms with Crippen molar-refractivity contribution in [3.63, 3.8) is 0 Å². The molecule has 1 unspecified atom stereocenters. The van der Waals surface area contributed by atoms with Gasteiger partial charge >= 0.3 is 0 Å². The summed E-state index contributed by atoms with van der Waals surface area (Å²) < 4.78 is 0. The molecule has 0 aliphatic heterocycles. The van der Waals surface area contributed by atoms with Gasteiger partial charge < -0.3 is 16.0 Å². The highest BCUT2D eigenvalue weighted by molar-refractivity contribution is 8.00. The molecule has 0 bridgehead atoms. The molecular formula is C34H32ClN3O3S. The number of benzene rings is 4. The number of nitrogens with one attached hydrogen (secondary N) is 3. The van der Waals surface area contributed by atoms with E-state index in [1.165, 1.54) is 11.8 Å². The lowest BCUT2D eigenvalue weighted by Crippen LogP contribution is -2.30. The zero-order chi connectivity index (χ0) is 30.1. The van der Waals surface area contributed by atoms with Gasteiger partial charge in [0.05, 0.1) is 5.25 Å². The molecule has 4 aromatic carbocycles. The number of hydrogen-bond acceptors (Lipinski definition) is 4. The van der Waals surface area contributed by atoms with Crippen LogP contribution in [-0.2, 0) is 16.0 Å². The third-order valence-corrected chi connectivity index (χ3v) is 7.82.